The second kappa shape index (κ2) is 7.47. The molecular weight excluding hydrogens is 359 g/mol. The van der Waals surface area contributed by atoms with Gasteiger partial charge in [-0.05, 0) is 49.9 Å². The lowest BCUT2D eigenvalue weighted by atomic mass is 9.74. The van der Waals surface area contributed by atoms with Crippen LogP contribution in [0.2, 0.25) is 0 Å². The van der Waals surface area contributed by atoms with Crippen molar-refractivity contribution in [2.45, 2.75) is 57.5 Å². The van der Waals surface area contributed by atoms with Gasteiger partial charge in [-0.3, -0.25) is 9.59 Å². The van der Waals surface area contributed by atoms with Gasteiger partial charge in [0, 0.05) is 24.2 Å². The van der Waals surface area contributed by atoms with Gasteiger partial charge in [0.2, 0.25) is 5.91 Å². The van der Waals surface area contributed by atoms with Crippen LogP contribution in [0, 0.1) is 11.2 Å². The number of ether oxygens (including phenoxy) is 1. The molecule has 1 aliphatic carbocycles. The first kappa shape index (κ1) is 19.4. The van der Waals surface area contributed by atoms with E-state index in [4.69, 9.17) is 4.74 Å². The summed E-state index contributed by atoms with van der Waals surface area (Å²) in [6.45, 7) is 3.93. The third-order valence-corrected chi connectivity index (χ3v) is 6.82. The van der Waals surface area contributed by atoms with E-state index in [9.17, 15) is 14.0 Å². The molecule has 2 aliphatic heterocycles. The maximum atomic E-state index is 13.2. The van der Waals surface area contributed by atoms with Gasteiger partial charge in [0.1, 0.15) is 12.4 Å². The molecule has 3 fully saturated rings. The SMILES string of the molecule is CC1(C(=O)N2CCC3(CC2)CN(c2ccc(F)cc2)C(=O)CO3)CCCCC1. The quantitative estimate of drug-likeness (QED) is 0.779. The number of hydrogen-bond donors (Lipinski definition) is 0. The van der Waals surface area contributed by atoms with Gasteiger partial charge in [0.25, 0.3) is 5.91 Å². The van der Waals surface area contributed by atoms with E-state index in [-0.39, 0.29) is 29.7 Å². The average molecular weight is 388 g/mol. The summed E-state index contributed by atoms with van der Waals surface area (Å²) in [5, 5.41) is 0. The fourth-order valence-electron chi connectivity index (χ4n) is 4.92. The summed E-state index contributed by atoms with van der Waals surface area (Å²) in [7, 11) is 0. The van der Waals surface area contributed by atoms with E-state index in [1.54, 1.807) is 17.0 Å². The van der Waals surface area contributed by atoms with E-state index < -0.39 is 5.60 Å². The second-order valence-electron chi connectivity index (χ2n) is 8.84. The van der Waals surface area contributed by atoms with E-state index >= 15 is 0 Å². The summed E-state index contributed by atoms with van der Waals surface area (Å²) >= 11 is 0. The van der Waals surface area contributed by atoms with Gasteiger partial charge in [-0.2, -0.15) is 0 Å². The minimum absolute atomic E-state index is 0.0308. The largest absolute Gasteiger partial charge is 0.363 e. The summed E-state index contributed by atoms with van der Waals surface area (Å²) in [5.74, 6) is -0.142. The molecule has 0 radical (unpaired) electrons. The van der Waals surface area contributed by atoms with E-state index in [1.807, 2.05) is 4.90 Å². The molecule has 1 aromatic rings. The lowest BCUT2D eigenvalue weighted by Gasteiger charge is -2.48. The Bertz CT molecular complexity index is 735. The van der Waals surface area contributed by atoms with Crippen LogP contribution in [0.3, 0.4) is 0 Å². The molecule has 0 unspecified atom stereocenters. The van der Waals surface area contributed by atoms with Gasteiger partial charge in [-0.25, -0.2) is 4.39 Å². The van der Waals surface area contributed by atoms with Crippen molar-refractivity contribution in [2.75, 3.05) is 31.1 Å². The van der Waals surface area contributed by atoms with Crippen molar-refractivity contribution in [3.05, 3.63) is 30.1 Å². The topological polar surface area (TPSA) is 49.9 Å². The second-order valence-corrected chi connectivity index (χ2v) is 8.84. The molecule has 28 heavy (non-hydrogen) atoms. The average Bonchev–Trinajstić information content (AvgIpc) is 2.71. The van der Waals surface area contributed by atoms with Crippen LogP contribution < -0.4 is 4.90 Å². The van der Waals surface area contributed by atoms with Crippen LogP contribution in [-0.2, 0) is 14.3 Å². The molecule has 152 valence electrons. The minimum Gasteiger partial charge on any atom is -0.363 e. The first-order valence-corrected chi connectivity index (χ1v) is 10.4. The van der Waals surface area contributed by atoms with Crippen LogP contribution in [0.1, 0.15) is 51.9 Å². The van der Waals surface area contributed by atoms with E-state index in [1.165, 1.54) is 18.6 Å². The maximum absolute atomic E-state index is 13.2. The summed E-state index contributed by atoms with van der Waals surface area (Å²) in [6.07, 6.45) is 6.91. The number of carbonyl (C=O) groups is 2. The van der Waals surface area contributed by atoms with Crippen molar-refractivity contribution in [2.24, 2.45) is 5.41 Å². The van der Waals surface area contributed by atoms with Gasteiger partial charge in [-0.15, -0.1) is 0 Å². The van der Waals surface area contributed by atoms with E-state index in [2.05, 4.69) is 6.92 Å². The van der Waals surface area contributed by atoms with Crippen molar-refractivity contribution < 1.29 is 18.7 Å². The van der Waals surface area contributed by atoms with Crippen LogP contribution in [0.25, 0.3) is 0 Å². The van der Waals surface area contributed by atoms with Crippen LogP contribution in [0.5, 0.6) is 0 Å². The molecule has 4 rings (SSSR count). The molecule has 1 saturated carbocycles. The first-order chi connectivity index (χ1) is 13.4. The highest BCUT2D eigenvalue weighted by Gasteiger charge is 2.45. The molecule has 0 aromatic heterocycles. The Balaban J connectivity index is 1.42. The molecule has 2 amide bonds. The number of nitrogens with zero attached hydrogens (tertiary/aromatic N) is 2. The maximum Gasteiger partial charge on any atom is 0.253 e. The van der Waals surface area contributed by atoms with Crippen molar-refractivity contribution in [1.82, 2.24) is 4.90 Å². The standard InChI is InChI=1S/C22H29FN2O3/c1-21(9-3-2-4-10-21)20(27)24-13-11-22(12-14-24)16-25(19(26)15-28-22)18-7-5-17(23)6-8-18/h5-8H,2-4,9-16H2,1H3. The molecule has 0 bridgehead atoms. The molecule has 5 nitrogen and oxygen atoms in total. The number of likely N-dealkylation sites (tertiary alicyclic amines) is 1. The highest BCUT2D eigenvalue weighted by molar-refractivity contribution is 5.95. The van der Waals surface area contributed by atoms with Gasteiger partial charge >= 0.3 is 0 Å². The predicted octanol–water partition coefficient (Wildman–Crippen LogP) is 3.52. The van der Waals surface area contributed by atoms with Gasteiger partial charge in [-0.1, -0.05) is 26.2 Å². The number of anilines is 1. The molecule has 0 atom stereocenters. The third-order valence-electron chi connectivity index (χ3n) is 6.82. The number of morpholine rings is 1. The van der Waals surface area contributed by atoms with E-state index in [0.717, 1.165) is 38.5 Å². The van der Waals surface area contributed by atoms with Crippen LogP contribution >= 0.6 is 0 Å². The van der Waals surface area contributed by atoms with Gasteiger partial charge in [0.05, 0.1) is 12.1 Å². The lowest BCUT2D eigenvalue weighted by molar-refractivity contribution is -0.156. The number of halogens is 1. The summed E-state index contributed by atoms with van der Waals surface area (Å²) < 4.78 is 19.2. The summed E-state index contributed by atoms with van der Waals surface area (Å²) in [4.78, 5) is 29.2. The number of benzene rings is 1. The Hall–Kier alpha value is -1.95. The van der Waals surface area contributed by atoms with Crippen molar-refractivity contribution >= 4 is 17.5 Å². The highest BCUT2D eigenvalue weighted by atomic mass is 19.1. The highest BCUT2D eigenvalue weighted by Crippen LogP contribution is 2.39. The number of carbonyl (C=O) groups excluding carboxylic acids is 2. The molecule has 6 heteroatoms. The van der Waals surface area contributed by atoms with Crippen LogP contribution in [0.15, 0.2) is 24.3 Å². The van der Waals surface area contributed by atoms with Crippen LogP contribution in [-0.4, -0.2) is 48.6 Å². The summed E-state index contributed by atoms with van der Waals surface area (Å²) in [5.41, 5.74) is 0.0565. The fraction of sp³-hybridized carbons (Fsp3) is 0.636. The molecule has 3 aliphatic rings. The van der Waals surface area contributed by atoms with Gasteiger partial charge < -0.3 is 14.5 Å². The zero-order valence-corrected chi connectivity index (χ0v) is 16.6. The third kappa shape index (κ3) is 3.66. The monoisotopic (exact) mass is 388 g/mol. The van der Waals surface area contributed by atoms with E-state index in [0.29, 0.717) is 25.3 Å². The molecule has 2 saturated heterocycles. The van der Waals surface area contributed by atoms with Crippen molar-refractivity contribution in [3.8, 4) is 0 Å². The Morgan fingerprint density at radius 3 is 2.32 bits per heavy atom. The lowest BCUT2D eigenvalue weighted by Crippen LogP contribution is -2.60. The molecule has 0 N–H and O–H groups in total. The van der Waals surface area contributed by atoms with Crippen LogP contribution in [0.4, 0.5) is 10.1 Å². The number of hydrogen-bond acceptors (Lipinski definition) is 3. The Morgan fingerprint density at radius 1 is 1.04 bits per heavy atom. The Labute approximate surface area is 165 Å². The molecule has 1 aromatic carbocycles. The molecular formula is C22H29FN2O3. The van der Waals surface area contributed by atoms with Crippen molar-refractivity contribution in [3.63, 3.8) is 0 Å². The Kier molecular flexibility index (Phi) is 5.17. The molecule has 1 spiro atoms. The zero-order valence-electron chi connectivity index (χ0n) is 16.6. The Morgan fingerprint density at radius 2 is 1.68 bits per heavy atom. The zero-order chi connectivity index (χ0) is 19.8. The number of piperidine rings is 1. The predicted molar refractivity (Wildman–Crippen MR) is 104 cm³/mol. The van der Waals surface area contributed by atoms with Crippen molar-refractivity contribution in [1.29, 1.82) is 0 Å². The minimum atomic E-state index is -0.424. The van der Waals surface area contributed by atoms with Gasteiger partial charge in [0.15, 0.2) is 0 Å². The molecule has 2 heterocycles. The number of amides is 2. The normalized spacial score (nSPS) is 24.4. The summed E-state index contributed by atoms with van der Waals surface area (Å²) in [6, 6.07) is 6.01. The first-order valence-electron chi connectivity index (χ1n) is 10.4. The fourth-order valence-corrected chi connectivity index (χ4v) is 4.92. The number of rotatable bonds is 2. The smallest absolute Gasteiger partial charge is 0.253 e.